The first-order valence-electron chi connectivity index (χ1n) is 5.48. The lowest BCUT2D eigenvalue weighted by molar-refractivity contribution is 0.102. The first-order chi connectivity index (χ1) is 8.40. The molecule has 0 aliphatic carbocycles. The molecule has 0 unspecified atom stereocenters. The zero-order valence-corrected chi connectivity index (χ0v) is 9.62. The molecule has 2 rings (SSSR count). The van der Waals surface area contributed by atoms with E-state index >= 15 is 0 Å². The molecule has 17 heavy (non-hydrogen) atoms. The molecule has 0 saturated heterocycles. The fourth-order valence-electron chi connectivity index (χ4n) is 1.60. The number of ether oxygens (including phenoxy) is 1. The van der Waals surface area contributed by atoms with Gasteiger partial charge in [0.2, 0.25) is 5.88 Å². The summed E-state index contributed by atoms with van der Waals surface area (Å²) in [5.41, 5.74) is 1.13. The molecule has 0 atom stereocenters. The van der Waals surface area contributed by atoms with Crippen molar-refractivity contribution in [2.75, 3.05) is 13.3 Å². The van der Waals surface area contributed by atoms with Crippen LogP contribution in [0.3, 0.4) is 0 Å². The number of aromatic nitrogens is 1. The molecule has 0 bridgehead atoms. The lowest BCUT2D eigenvalue weighted by Gasteiger charge is -2.26. The van der Waals surface area contributed by atoms with Gasteiger partial charge in [-0.3, -0.25) is 9.89 Å². The maximum absolute atomic E-state index is 5.54. The first kappa shape index (κ1) is 11.5. The maximum Gasteiger partial charge on any atom is 0.219 e. The van der Waals surface area contributed by atoms with Gasteiger partial charge in [-0.1, -0.05) is 24.8 Å². The van der Waals surface area contributed by atoms with Gasteiger partial charge in [0.05, 0.1) is 0 Å². The second kappa shape index (κ2) is 5.96. The highest BCUT2D eigenvalue weighted by molar-refractivity contribution is 5.70. The Bertz CT molecular complexity index is 440. The average Bonchev–Trinajstić information content (AvgIpc) is 2.38. The van der Waals surface area contributed by atoms with Crippen LogP contribution in [0.15, 0.2) is 48.3 Å². The maximum atomic E-state index is 5.54. The van der Waals surface area contributed by atoms with Gasteiger partial charge in [-0.15, -0.1) is 0 Å². The summed E-state index contributed by atoms with van der Waals surface area (Å²) in [4.78, 5) is 10.4. The fourth-order valence-corrected chi connectivity index (χ4v) is 1.60. The highest BCUT2D eigenvalue weighted by Crippen LogP contribution is 2.20. The van der Waals surface area contributed by atoms with Crippen LogP contribution in [0, 0.1) is 0 Å². The van der Waals surface area contributed by atoms with Crippen LogP contribution >= 0.6 is 0 Å². The van der Waals surface area contributed by atoms with Gasteiger partial charge in [-0.25, -0.2) is 4.98 Å². The van der Waals surface area contributed by atoms with Gasteiger partial charge < -0.3 is 4.74 Å². The molecule has 0 fully saturated rings. The van der Waals surface area contributed by atoms with Crippen LogP contribution in [0.1, 0.15) is 5.56 Å². The highest BCUT2D eigenvalue weighted by atomic mass is 16.5. The Hall–Kier alpha value is -1.94. The normalized spacial score (nSPS) is 16.0. The number of fused-ring (bicyclic) bond motifs is 1. The summed E-state index contributed by atoms with van der Waals surface area (Å²) in [6.07, 6.45) is 8.81. The minimum atomic E-state index is 0.569. The van der Waals surface area contributed by atoms with Crippen LogP contribution in [0.2, 0.25) is 0 Å². The Morgan fingerprint density at radius 3 is 3.41 bits per heavy atom. The highest BCUT2D eigenvalue weighted by Gasteiger charge is 2.16. The van der Waals surface area contributed by atoms with Crippen molar-refractivity contribution in [3.63, 3.8) is 0 Å². The van der Waals surface area contributed by atoms with Crippen molar-refractivity contribution in [3.8, 4) is 5.88 Å². The lowest BCUT2D eigenvalue weighted by Crippen LogP contribution is -2.32. The Labute approximate surface area is 101 Å². The summed E-state index contributed by atoms with van der Waals surface area (Å²) in [6.45, 7) is 5.79. The summed E-state index contributed by atoms with van der Waals surface area (Å²) in [5.74, 6) is 0.748. The predicted molar refractivity (Wildman–Crippen MR) is 68.0 cm³/mol. The third-order valence-corrected chi connectivity index (χ3v) is 2.37. The van der Waals surface area contributed by atoms with Gasteiger partial charge in [0.1, 0.15) is 6.73 Å². The molecule has 0 amide bonds. The number of allylic oxidation sites excluding steroid dienone is 1. The summed E-state index contributed by atoms with van der Waals surface area (Å²) in [7, 11) is 0. The van der Waals surface area contributed by atoms with Crippen LogP contribution in [0.25, 0.3) is 0 Å². The smallest absolute Gasteiger partial charge is 0.219 e. The van der Waals surface area contributed by atoms with Crippen LogP contribution in [-0.4, -0.2) is 29.4 Å². The Morgan fingerprint density at radius 2 is 2.53 bits per heavy atom. The minimum absolute atomic E-state index is 0.569. The van der Waals surface area contributed by atoms with E-state index in [4.69, 9.17) is 4.74 Å². The zero-order valence-electron chi connectivity index (χ0n) is 9.62. The average molecular weight is 229 g/mol. The Kier molecular flexibility index (Phi) is 4.05. The molecular weight excluding hydrogens is 214 g/mol. The van der Waals surface area contributed by atoms with Crippen LogP contribution in [-0.2, 0) is 6.54 Å². The van der Waals surface area contributed by atoms with E-state index in [9.17, 15) is 0 Å². The molecule has 4 heteroatoms. The predicted octanol–water partition coefficient (Wildman–Crippen LogP) is 2.00. The largest absolute Gasteiger partial charge is 0.461 e. The van der Waals surface area contributed by atoms with Gasteiger partial charge in [0, 0.05) is 37.3 Å². The topological polar surface area (TPSA) is 37.7 Å². The standard InChI is InChI=1S/C13H15N3O/c1-2-6-14-7-4-9-16-10-12-5-3-8-15-13(12)17-11-16/h2-8H,1,9-11H2/b7-4-,14-6-. The molecule has 1 aliphatic heterocycles. The number of pyridine rings is 1. The van der Waals surface area contributed by atoms with Crippen LogP contribution in [0.4, 0.5) is 0 Å². The SMILES string of the molecule is C=C/C=N\C=C/CN1COc2ncccc2C1. The molecule has 88 valence electrons. The lowest BCUT2D eigenvalue weighted by atomic mass is 10.2. The van der Waals surface area contributed by atoms with Gasteiger partial charge in [-0.2, -0.15) is 0 Å². The molecule has 0 aromatic carbocycles. The molecular formula is C13H15N3O. The molecule has 0 spiro atoms. The van der Waals surface area contributed by atoms with Crippen LogP contribution in [0.5, 0.6) is 5.88 Å². The molecule has 4 nitrogen and oxygen atoms in total. The summed E-state index contributed by atoms with van der Waals surface area (Å²) >= 11 is 0. The summed E-state index contributed by atoms with van der Waals surface area (Å²) < 4.78 is 5.54. The van der Waals surface area contributed by atoms with Crippen molar-refractivity contribution in [1.82, 2.24) is 9.88 Å². The number of nitrogens with zero attached hydrogens (tertiary/aromatic N) is 3. The third-order valence-electron chi connectivity index (χ3n) is 2.37. The van der Waals surface area contributed by atoms with Gasteiger partial charge in [0.25, 0.3) is 0 Å². The number of rotatable bonds is 4. The van der Waals surface area contributed by atoms with Crippen molar-refractivity contribution in [1.29, 1.82) is 0 Å². The Balaban J connectivity index is 1.88. The van der Waals surface area contributed by atoms with Crippen molar-refractivity contribution in [3.05, 3.63) is 48.8 Å². The van der Waals surface area contributed by atoms with Crippen molar-refractivity contribution in [2.24, 2.45) is 4.99 Å². The van der Waals surface area contributed by atoms with E-state index in [2.05, 4.69) is 21.5 Å². The van der Waals surface area contributed by atoms with E-state index < -0.39 is 0 Å². The van der Waals surface area contributed by atoms with E-state index in [-0.39, 0.29) is 0 Å². The zero-order chi connectivity index (χ0) is 11.9. The molecule has 0 saturated carbocycles. The van der Waals surface area contributed by atoms with Gasteiger partial charge in [-0.05, 0) is 6.07 Å². The molecule has 1 aromatic rings. The fraction of sp³-hybridized carbons (Fsp3) is 0.231. The molecule has 2 heterocycles. The van der Waals surface area contributed by atoms with E-state index in [1.807, 2.05) is 18.2 Å². The van der Waals surface area contributed by atoms with E-state index in [1.165, 1.54) is 0 Å². The molecule has 0 radical (unpaired) electrons. The van der Waals surface area contributed by atoms with Gasteiger partial charge >= 0.3 is 0 Å². The quantitative estimate of drug-likeness (QED) is 0.741. The number of hydrogen-bond donors (Lipinski definition) is 0. The Morgan fingerprint density at radius 1 is 1.59 bits per heavy atom. The second-order valence-corrected chi connectivity index (χ2v) is 3.67. The molecule has 1 aliphatic rings. The van der Waals surface area contributed by atoms with Crippen molar-refractivity contribution >= 4 is 6.21 Å². The van der Waals surface area contributed by atoms with Gasteiger partial charge in [0.15, 0.2) is 0 Å². The number of hydrogen-bond acceptors (Lipinski definition) is 4. The third kappa shape index (κ3) is 3.26. The summed E-state index contributed by atoms with van der Waals surface area (Å²) in [5, 5.41) is 0. The number of aliphatic imine (C=N–C) groups is 1. The molecule has 0 N–H and O–H groups in total. The van der Waals surface area contributed by atoms with E-state index in [0.717, 1.165) is 24.5 Å². The monoisotopic (exact) mass is 229 g/mol. The van der Waals surface area contributed by atoms with Crippen LogP contribution < -0.4 is 4.74 Å². The van der Waals surface area contributed by atoms with E-state index in [1.54, 1.807) is 24.7 Å². The summed E-state index contributed by atoms with van der Waals surface area (Å²) in [6, 6.07) is 3.96. The first-order valence-corrected chi connectivity index (χ1v) is 5.48. The second-order valence-electron chi connectivity index (χ2n) is 3.67. The van der Waals surface area contributed by atoms with Crippen molar-refractivity contribution < 1.29 is 4.74 Å². The van der Waals surface area contributed by atoms with Crippen molar-refractivity contribution in [2.45, 2.75) is 6.54 Å². The van der Waals surface area contributed by atoms with E-state index in [0.29, 0.717) is 6.73 Å². The molecule has 1 aromatic heterocycles. The minimum Gasteiger partial charge on any atom is -0.461 e.